The van der Waals surface area contributed by atoms with E-state index in [9.17, 15) is 9.18 Å². The predicted molar refractivity (Wildman–Crippen MR) is 112 cm³/mol. The summed E-state index contributed by atoms with van der Waals surface area (Å²) in [7, 11) is 3.02. The molecule has 0 amide bonds. The Hall–Kier alpha value is -1.76. The van der Waals surface area contributed by atoms with Gasteiger partial charge in [0.05, 0.1) is 25.4 Å². The van der Waals surface area contributed by atoms with Crippen LogP contribution in [0.5, 0.6) is 0 Å². The van der Waals surface area contributed by atoms with E-state index < -0.39 is 17.6 Å². The second-order valence-electron chi connectivity index (χ2n) is 6.23. The Balaban J connectivity index is 0.00000300. The van der Waals surface area contributed by atoms with E-state index in [1.54, 1.807) is 40.5 Å². The van der Waals surface area contributed by atoms with E-state index in [4.69, 9.17) is 4.74 Å². The van der Waals surface area contributed by atoms with Gasteiger partial charge in [-0.05, 0) is 40.8 Å². The van der Waals surface area contributed by atoms with Crippen molar-refractivity contribution in [3.8, 4) is 0 Å². The molecule has 29 heavy (non-hydrogen) atoms. The molecule has 0 unspecified atom stereocenters. The summed E-state index contributed by atoms with van der Waals surface area (Å²) in [5.41, 5.74) is 1.14. The zero-order valence-electron chi connectivity index (χ0n) is 16.0. The van der Waals surface area contributed by atoms with Crippen LogP contribution in [0.15, 0.2) is 36.9 Å². The number of benzene rings is 2. The van der Waals surface area contributed by atoms with Gasteiger partial charge in [-0.3, -0.25) is 0 Å². The summed E-state index contributed by atoms with van der Waals surface area (Å²) in [6, 6.07) is 6.00. The molecule has 2 aromatic carbocycles. The predicted octanol–water partition coefficient (Wildman–Crippen LogP) is 1.38. The quantitative estimate of drug-likeness (QED) is 0.202. The van der Waals surface area contributed by atoms with Crippen LogP contribution >= 0.6 is 22.6 Å². The molecule has 9 heteroatoms. The fraction of sp³-hybridized carbons (Fsp3) is 0.200. The lowest BCUT2D eigenvalue weighted by Gasteiger charge is -2.12. The van der Waals surface area contributed by atoms with Crippen molar-refractivity contribution in [3.63, 3.8) is 0 Å². The van der Waals surface area contributed by atoms with Crippen LogP contribution in [0.25, 0.3) is 11.0 Å². The van der Waals surface area contributed by atoms with Gasteiger partial charge in [0, 0.05) is 22.2 Å². The largest absolute Gasteiger partial charge is 1.00 e. The summed E-state index contributed by atoms with van der Waals surface area (Å²) in [4.78, 5) is 12.3. The van der Waals surface area contributed by atoms with Crippen molar-refractivity contribution in [2.45, 2.75) is 13.5 Å². The molecule has 1 heterocycles. The van der Waals surface area contributed by atoms with Crippen molar-refractivity contribution in [1.29, 1.82) is 0 Å². The van der Waals surface area contributed by atoms with Crippen molar-refractivity contribution >= 4 is 51.0 Å². The van der Waals surface area contributed by atoms with Gasteiger partial charge in [0.2, 0.25) is 5.52 Å². The maximum absolute atomic E-state index is 15.6. The number of nitrogens with one attached hydrogen (secondary N) is 1. The second-order valence-corrected chi connectivity index (χ2v) is 7.39. The summed E-state index contributed by atoms with van der Waals surface area (Å²) in [5.74, 6) is -0.961. The lowest BCUT2D eigenvalue weighted by molar-refractivity contribution is -0.668. The Morgan fingerprint density at radius 1 is 1.38 bits per heavy atom. The molecule has 0 atom stereocenters. The molecule has 0 aliphatic rings. The number of esters is 1. The summed E-state index contributed by atoms with van der Waals surface area (Å²) >= 11 is 1.87. The smallest absolute Gasteiger partial charge is 0.340 e. The third kappa shape index (κ3) is 4.25. The Morgan fingerprint density at radius 2 is 2.07 bits per heavy atom. The molecule has 0 saturated heterocycles. The Bertz CT molecular complexity index is 1110. The molecule has 0 aliphatic carbocycles. The Morgan fingerprint density at radius 3 is 2.66 bits per heavy atom. The summed E-state index contributed by atoms with van der Waals surface area (Å²) < 4.78 is 38.4. The fourth-order valence-corrected chi connectivity index (χ4v) is 3.46. The average molecular weight is 625 g/mol. The first-order chi connectivity index (χ1) is 13.3. The van der Waals surface area contributed by atoms with E-state index >= 15 is 4.39 Å². The monoisotopic (exact) mass is 625 g/mol. The number of aromatic nitrogens is 2. The number of anilines is 2. The zero-order valence-corrected chi connectivity index (χ0v) is 20.3. The Kier molecular flexibility index (Phi) is 7.60. The number of imidazole rings is 1. The molecule has 154 valence electrons. The minimum Gasteiger partial charge on any atom is -1.00 e. The SMILES string of the molecule is C=CC[n+]1c(C)n(C)c2cc(C(=O)OC)c(Nc3ccc(I)c(F)c3)c(F)c21.[I-]. The number of hydrogen-bond acceptors (Lipinski definition) is 3. The van der Waals surface area contributed by atoms with E-state index in [1.165, 1.54) is 13.2 Å². The number of fused-ring (bicyclic) bond motifs is 1. The van der Waals surface area contributed by atoms with E-state index in [-0.39, 0.29) is 35.2 Å². The third-order valence-corrected chi connectivity index (χ3v) is 5.51. The van der Waals surface area contributed by atoms with Gasteiger partial charge in [-0.2, -0.15) is 4.39 Å². The molecular weight excluding hydrogens is 606 g/mol. The lowest BCUT2D eigenvalue weighted by atomic mass is 10.1. The highest BCUT2D eigenvalue weighted by Crippen LogP contribution is 2.32. The molecule has 1 aromatic heterocycles. The Labute approximate surface area is 197 Å². The summed E-state index contributed by atoms with van der Waals surface area (Å²) in [5, 5.41) is 2.85. The minimum atomic E-state index is -0.691. The standard InChI is InChI=1S/C20H18F2IN3O2.HI/c1-5-8-26-11(2)25(3)16-10-13(20(27)28-4)18(17(22)19(16)26)24-12-6-7-15(23)14(21)9-12;/h5-7,9-10H,1,8H2,2-4H3;1H. The normalized spacial score (nSPS) is 10.6. The van der Waals surface area contributed by atoms with Crippen molar-refractivity contribution < 1.29 is 46.9 Å². The van der Waals surface area contributed by atoms with E-state index in [0.717, 1.165) is 5.82 Å². The van der Waals surface area contributed by atoms with Crippen LogP contribution in [0.3, 0.4) is 0 Å². The maximum atomic E-state index is 15.6. The van der Waals surface area contributed by atoms with Crippen LogP contribution in [0.1, 0.15) is 16.2 Å². The molecule has 0 fully saturated rings. The number of methoxy groups -OCH3 is 1. The molecule has 0 saturated carbocycles. The number of carbonyl (C=O) groups is 1. The van der Waals surface area contributed by atoms with Gasteiger partial charge in [-0.15, -0.1) is 0 Å². The summed E-state index contributed by atoms with van der Waals surface area (Å²) in [6.45, 7) is 5.97. The molecule has 3 rings (SSSR count). The molecule has 0 spiro atoms. The van der Waals surface area contributed by atoms with Crippen molar-refractivity contribution in [2.75, 3.05) is 12.4 Å². The number of nitrogens with zero attached hydrogens (tertiary/aromatic N) is 2. The molecular formula is C20H19F2I2N3O2. The van der Waals surface area contributed by atoms with Gasteiger partial charge in [-0.1, -0.05) is 12.7 Å². The van der Waals surface area contributed by atoms with Crippen LogP contribution < -0.4 is 33.9 Å². The highest BCUT2D eigenvalue weighted by atomic mass is 127. The molecule has 5 nitrogen and oxygen atoms in total. The van der Waals surface area contributed by atoms with Gasteiger partial charge in [-0.25, -0.2) is 18.3 Å². The van der Waals surface area contributed by atoms with E-state index in [1.807, 2.05) is 29.5 Å². The highest BCUT2D eigenvalue weighted by molar-refractivity contribution is 14.1. The minimum absolute atomic E-state index is 0. The first-order valence-electron chi connectivity index (χ1n) is 8.42. The molecule has 3 aromatic rings. The number of carbonyl (C=O) groups excluding carboxylic acids is 1. The van der Waals surface area contributed by atoms with Gasteiger partial charge in [0.25, 0.3) is 5.82 Å². The van der Waals surface area contributed by atoms with Gasteiger partial charge in [0.15, 0.2) is 11.3 Å². The first kappa shape index (κ1) is 23.5. The average Bonchev–Trinajstić information content (AvgIpc) is 2.91. The first-order valence-corrected chi connectivity index (χ1v) is 9.50. The fourth-order valence-electron chi connectivity index (χ4n) is 3.12. The highest BCUT2D eigenvalue weighted by Gasteiger charge is 2.29. The molecule has 0 aliphatic heterocycles. The number of hydrogen-bond donors (Lipinski definition) is 1. The van der Waals surface area contributed by atoms with Crippen molar-refractivity contribution in [3.05, 3.63) is 63.5 Å². The van der Waals surface area contributed by atoms with Crippen LogP contribution in [0.4, 0.5) is 20.2 Å². The number of allylic oxidation sites excluding steroid dienone is 1. The van der Waals surface area contributed by atoms with Gasteiger partial charge < -0.3 is 34.0 Å². The van der Waals surface area contributed by atoms with E-state index in [2.05, 4.69) is 11.9 Å². The molecule has 0 bridgehead atoms. The molecule has 0 radical (unpaired) electrons. The van der Waals surface area contributed by atoms with Crippen molar-refractivity contribution in [2.24, 2.45) is 7.05 Å². The second kappa shape index (κ2) is 9.37. The van der Waals surface area contributed by atoms with Crippen LogP contribution in [0.2, 0.25) is 0 Å². The number of halogens is 4. The van der Waals surface area contributed by atoms with Crippen LogP contribution in [0, 0.1) is 22.1 Å². The molecule has 1 N–H and O–H groups in total. The van der Waals surface area contributed by atoms with E-state index in [0.29, 0.717) is 26.8 Å². The number of aryl methyl sites for hydroxylation is 1. The van der Waals surface area contributed by atoms with Gasteiger partial charge >= 0.3 is 5.97 Å². The zero-order chi connectivity index (χ0) is 20.6. The van der Waals surface area contributed by atoms with Crippen LogP contribution in [-0.4, -0.2) is 17.6 Å². The van der Waals surface area contributed by atoms with Crippen molar-refractivity contribution in [1.82, 2.24) is 4.57 Å². The lowest BCUT2D eigenvalue weighted by Crippen LogP contribution is -3.00. The number of rotatable bonds is 5. The number of ether oxygens (including phenoxy) is 1. The topological polar surface area (TPSA) is 47.1 Å². The summed E-state index contributed by atoms with van der Waals surface area (Å²) in [6.07, 6.45) is 1.67. The van der Waals surface area contributed by atoms with Gasteiger partial charge in [0.1, 0.15) is 12.4 Å². The van der Waals surface area contributed by atoms with Crippen LogP contribution in [-0.2, 0) is 18.3 Å². The third-order valence-electron chi connectivity index (χ3n) is 4.63. The maximum Gasteiger partial charge on any atom is 0.340 e.